The third-order valence-corrected chi connectivity index (χ3v) is 4.66. The van der Waals surface area contributed by atoms with Gasteiger partial charge in [0.15, 0.2) is 0 Å². The van der Waals surface area contributed by atoms with Gasteiger partial charge in [-0.1, -0.05) is 34.6 Å². The van der Waals surface area contributed by atoms with Crippen LogP contribution in [0.3, 0.4) is 0 Å². The molecular formula is C15H28O3. The summed E-state index contributed by atoms with van der Waals surface area (Å²) in [7, 11) is 0. The monoisotopic (exact) mass is 256 g/mol. The number of rotatable bonds is 3. The quantitative estimate of drug-likeness (QED) is 0.726. The molecule has 2 unspecified atom stereocenters. The van der Waals surface area contributed by atoms with Crippen molar-refractivity contribution in [3.05, 3.63) is 0 Å². The minimum absolute atomic E-state index is 0.0991. The molecule has 0 bridgehead atoms. The van der Waals surface area contributed by atoms with Crippen molar-refractivity contribution in [2.45, 2.75) is 60.5 Å². The van der Waals surface area contributed by atoms with Crippen LogP contribution in [0.25, 0.3) is 0 Å². The number of ether oxygens (including phenoxy) is 2. The molecule has 0 spiro atoms. The molecule has 1 heterocycles. The van der Waals surface area contributed by atoms with Crippen LogP contribution >= 0.6 is 0 Å². The Balaban J connectivity index is 2.91. The second-order valence-corrected chi connectivity index (χ2v) is 7.25. The minimum Gasteiger partial charge on any atom is -0.456 e. The van der Waals surface area contributed by atoms with Gasteiger partial charge in [-0.25, -0.2) is 0 Å². The zero-order chi connectivity index (χ0) is 14.2. The van der Waals surface area contributed by atoms with E-state index in [9.17, 15) is 4.79 Å². The van der Waals surface area contributed by atoms with Gasteiger partial charge in [-0.2, -0.15) is 0 Å². The summed E-state index contributed by atoms with van der Waals surface area (Å²) < 4.78 is 11.1. The van der Waals surface area contributed by atoms with Crippen molar-refractivity contribution >= 4 is 5.97 Å². The first kappa shape index (κ1) is 15.5. The fourth-order valence-corrected chi connectivity index (χ4v) is 2.47. The first-order valence-electron chi connectivity index (χ1n) is 6.84. The molecular weight excluding hydrogens is 228 g/mol. The zero-order valence-electron chi connectivity index (χ0n) is 12.9. The summed E-state index contributed by atoms with van der Waals surface area (Å²) in [5.74, 6) is 0.133. The summed E-state index contributed by atoms with van der Waals surface area (Å²) in [4.78, 5) is 12.6. The standard InChI is InChI=1S/C15H28O3/c1-11(2)15(7,13(3,4)5)12(16)18-14(6)8-9-17-10-14/h11H,8-10H2,1-7H3. The van der Waals surface area contributed by atoms with Crippen molar-refractivity contribution in [1.82, 2.24) is 0 Å². The van der Waals surface area contributed by atoms with Crippen LogP contribution in [-0.4, -0.2) is 24.8 Å². The van der Waals surface area contributed by atoms with Gasteiger partial charge in [-0.3, -0.25) is 4.79 Å². The van der Waals surface area contributed by atoms with Gasteiger partial charge in [0.2, 0.25) is 0 Å². The Labute approximate surface area is 111 Å². The second kappa shape index (κ2) is 4.84. The lowest BCUT2D eigenvalue weighted by Crippen LogP contribution is -2.49. The van der Waals surface area contributed by atoms with E-state index in [1.807, 2.05) is 13.8 Å². The average molecular weight is 256 g/mol. The van der Waals surface area contributed by atoms with Crippen LogP contribution in [0.4, 0.5) is 0 Å². The summed E-state index contributed by atoms with van der Waals surface area (Å²) in [6.45, 7) is 15.6. The van der Waals surface area contributed by atoms with E-state index in [0.29, 0.717) is 13.2 Å². The number of esters is 1. The van der Waals surface area contributed by atoms with Crippen LogP contribution in [0.1, 0.15) is 54.9 Å². The Morgan fingerprint density at radius 3 is 2.17 bits per heavy atom. The first-order chi connectivity index (χ1) is 8.03. The van der Waals surface area contributed by atoms with E-state index < -0.39 is 11.0 Å². The molecule has 3 heteroatoms. The van der Waals surface area contributed by atoms with Crippen LogP contribution in [0.2, 0.25) is 0 Å². The molecule has 0 amide bonds. The fraction of sp³-hybridized carbons (Fsp3) is 0.933. The van der Waals surface area contributed by atoms with Crippen molar-refractivity contribution in [3.63, 3.8) is 0 Å². The smallest absolute Gasteiger partial charge is 0.313 e. The third kappa shape index (κ3) is 2.71. The molecule has 1 aliphatic rings. The van der Waals surface area contributed by atoms with Crippen LogP contribution in [0, 0.1) is 16.7 Å². The van der Waals surface area contributed by atoms with Crippen LogP contribution in [0.5, 0.6) is 0 Å². The molecule has 1 aliphatic heterocycles. The highest BCUT2D eigenvalue weighted by atomic mass is 16.6. The Kier molecular flexibility index (Phi) is 4.16. The van der Waals surface area contributed by atoms with Gasteiger partial charge in [0.1, 0.15) is 5.60 Å². The summed E-state index contributed by atoms with van der Waals surface area (Å²) >= 11 is 0. The molecule has 0 aromatic carbocycles. The molecule has 0 N–H and O–H groups in total. The normalized spacial score (nSPS) is 28.2. The number of carbonyl (C=O) groups is 1. The highest BCUT2D eigenvalue weighted by Crippen LogP contribution is 2.46. The Morgan fingerprint density at radius 2 is 1.83 bits per heavy atom. The lowest BCUT2D eigenvalue weighted by molar-refractivity contribution is -0.181. The van der Waals surface area contributed by atoms with E-state index in [1.54, 1.807) is 0 Å². The van der Waals surface area contributed by atoms with Crippen LogP contribution in [0.15, 0.2) is 0 Å². The zero-order valence-corrected chi connectivity index (χ0v) is 12.9. The maximum atomic E-state index is 12.6. The summed E-state index contributed by atoms with van der Waals surface area (Å²) in [5.41, 5.74) is -1.06. The molecule has 18 heavy (non-hydrogen) atoms. The first-order valence-corrected chi connectivity index (χ1v) is 6.84. The molecule has 3 nitrogen and oxygen atoms in total. The van der Waals surface area contributed by atoms with E-state index in [1.165, 1.54) is 0 Å². The number of carbonyl (C=O) groups excluding carboxylic acids is 1. The lowest BCUT2D eigenvalue weighted by atomic mass is 9.61. The highest BCUT2D eigenvalue weighted by molar-refractivity contribution is 5.78. The van der Waals surface area contributed by atoms with Crippen molar-refractivity contribution in [3.8, 4) is 0 Å². The lowest BCUT2D eigenvalue weighted by Gasteiger charge is -2.44. The molecule has 0 aromatic heterocycles. The number of hydrogen-bond acceptors (Lipinski definition) is 3. The van der Waals surface area contributed by atoms with E-state index in [4.69, 9.17) is 9.47 Å². The summed E-state index contributed by atoms with van der Waals surface area (Å²) in [6, 6.07) is 0. The highest BCUT2D eigenvalue weighted by Gasteiger charge is 2.50. The molecule has 1 saturated heterocycles. The molecule has 1 fully saturated rings. The van der Waals surface area contributed by atoms with E-state index in [2.05, 4.69) is 34.6 Å². The topological polar surface area (TPSA) is 35.5 Å². The summed E-state index contributed by atoms with van der Waals surface area (Å²) in [6.07, 6.45) is 0.789. The van der Waals surface area contributed by atoms with Gasteiger partial charge < -0.3 is 9.47 Å². The number of hydrogen-bond donors (Lipinski definition) is 0. The molecule has 0 aliphatic carbocycles. The van der Waals surface area contributed by atoms with Crippen LogP contribution in [-0.2, 0) is 14.3 Å². The Morgan fingerprint density at radius 1 is 1.28 bits per heavy atom. The van der Waals surface area contributed by atoms with Crippen molar-refractivity contribution < 1.29 is 14.3 Å². The maximum Gasteiger partial charge on any atom is 0.313 e. The largest absolute Gasteiger partial charge is 0.456 e. The van der Waals surface area contributed by atoms with E-state index in [0.717, 1.165) is 6.42 Å². The van der Waals surface area contributed by atoms with Gasteiger partial charge in [0.25, 0.3) is 0 Å². The van der Waals surface area contributed by atoms with Crippen LogP contribution < -0.4 is 0 Å². The predicted octanol–water partition coefficient (Wildman–Crippen LogP) is 3.42. The van der Waals surface area contributed by atoms with Crippen molar-refractivity contribution in [2.24, 2.45) is 16.7 Å². The van der Waals surface area contributed by atoms with E-state index in [-0.39, 0.29) is 17.3 Å². The molecule has 0 saturated carbocycles. The minimum atomic E-state index is -0.487. The van der Waals surface area contributed by atoms with Gasteiger partial charge in [0, 0.05) is 6.42 Å². The predicted molar refractivity (Wildman–Crippen MR) is 72.3 cm³/mol. The SMILES string of the molecule is CC(C)C(C)(C(=O)OC1(C)CCOC1)C(C)(C)C. The Bertz CT molecular complexity index is 308. The molecule has 106 valence electrons. The molecule has 0 aromatic rings. The van der Waals surface area contributed by atoms with Gasteiger partial charge >= 0.3 is 5.97 Å². The fourth-order valence-electron chi connectivity index (χ4n) is 2.47. The molecule has 0 radical (unpaired) electrons. The second-order valence-electron chi connectivity index (χ2n) is 7.25. The van der Waals surface area contributed by atoms with Gasteiger partial charge in [-0.05, 0) is 25.2 Å². The van der Waals surface area contributed by atoms with Gasteiger partial charge in [0.05, 0.1) is 18.6 Å². The van der Waals surface area contributed by atoms with Gasteiger partial charge in [-0.15, -0.1) is 0 Å². The van der Waals surface area contributed by atoms with Crippen molar-refractivity contribution in [1.29, 1.82) is 0 Å². The third-order valence-electron chi connectivity index (χ3n) is 4.66. The average Bonchev–Trinajstić information content (AvgIpc) is 2.61. The van der Waals surface area contributed by atoms with Crippen molar-refractivity contribution in [2.75, 3.05) is 13.2 Å². The maximum absolute atomic E-state index is 12.6. The molecule has 2 atom stereocenters. The molecule has 1 rings (SSSR count). The summed E-state index contributed by atoms with van der Waals surface area (Å²) in [5, 5.41) is 0. The Hall–Kier alpha value is -0.570. The van der Waals surface area contributed by atoms with E-state index >= 15 is 0 Å².